The topological polar surface area (TPSA) is 84.9 Å². The number of benzene rings is 1. The van der Waals surface area contributed by atoms with Crippen molar-refractivity contribution in [3.63, 3.8) is 0 Å². The minimum atomic E-state index is -3.77. The number of sulfonamides is 1. The number of rotatable bonds is 3. The Bertz CT molecular complexity index is 779. The van der Waals surface area contributed by atoms with Gasteiger partial charge in [-0.3, -0.25) is 4.79 Å². The van der Waals surface area contributed by atoms with Crippen molar-refractivity contribution in [2.75, 3.05) is 20.3 Å². The number of fused-ring (bicyclic) bond motifs is 3. The summed E-state index contributed by atoms with van der Waals surface area (Å²) in [6, 6.07) is 3.92. The van der Waals surface area contributed by atoms with Crippen LogP contribution in [0.15, 0.2) is 23.1 Å². The van der Waals surface area contributed by atoms with Gasteiger partial charge in [-0.1, -0.05) is 0 Å². The molecule has 24 heavy (non-hydrogen) atoms. The Balaban J connectivity index is 1.73. The van der Waals surface area contributed by atoms with Gasteiger partial charge in [-0.2, -0.15) is 4.31 Å². The Kier molecular flexibility index (Phi) is 3.69. The van der Waals surface area contributed by atoms with Gasteiger partial charge in [0.2, 0.25) is 15.9 Å². The van der Waals surface area contributed by atoms with Crippen LogP contribution in [0.25, 0.3) is 0 Å². The molecule has 1 aromatic rings. The summed E-state index contributed by atoms with van der Waals surface area (Å²) in [5.74, 6) is 0.847. The van der Waals surface area contributed by atoms with Gasteiger partial charge >= 0.3 is 0 Å². The Morgan fingerprint density at radius 2 is 1.96 bits per heavy atom. The number of ether oxygens (including phenoxy) is 2. The van der Waals surface area contributed by atoms with Crippen molar-refractivity contribution in [1.82, 2.24) is 9.62 Å². The van der Waals surface area contributed by atoms with E-state index in [1.54, 1.807) is 13.1 Å². The van der Waals surface area contributed by atoms with E-state index in [0.717, 1.165) is 19.3 Å². The number of hydrogen-bond acceptors (Lipinski definition) is 5. The van der Waals surface area contributed by atoms with Gasteiger partial charge in [-0.15, -0.1) is 0 Å². The molecule has 1 saturated carbocycles. The monoisotopic (exact) mass is 352 g/mol. The molecule has 1 aliphatic carbocycles. The lowest BCUT2D eigenvalue weighted by molar-refractivity contribution is -0.125. The maximum atomic E-state index is 13.2. The van der Waals surface area contributed by atoms with Crippen LogP contribution in [0.3, 0.4) is 0 Å². The van der Waals surface area contributed by atoms with Gasteiger partial charge in [0.15, 0.2) is 11.5 Å². The summed E-state index contributed by atoms with van der Waals surface area (Å²) in [6.07, 6.45) is 2.46. The van der Waals surface area contributed by atoms with Crippen molar-refractivity contribution in [2.45, 2.75) is 36.2 Å². The fraction of sp³-hybridized carbons (Fsp3) is 0.562. The number of nitrogens with one attached hydrogen (secondary N) is 1. The summed E-state index contributed by atoms with van der Waals surface area (Å²) >= 11 is 0. The minimum Gasteiger partial charge on any atom is -0.486 e. The van der Waals surface area contributed by atoms with Crippen molar-refractivity contribution >= 4 is 15.9 Å². The summed E-state index contributed by atoms with van der Waals surface area (Å²) in [5.41, 5.74) is 0. The zero-order valence-electron chi connectivity index (χ0n) is 13.4. The molecule has 0 radical (unpaired) electrons. The van der Waals surface area contributed by atoms with Crippen LogP contribution in [0, 0.1) is 5.92 Å². The number of hydrogen-bond donors (Lipinski definition) is 1. The fourth-order valence-electron chi connectivity index (χ4n) is 4.07. The average Bonchev–Trinajstić information content (AvgIpc) is 3.22. The molecular formula is C16H20N2O5S. The molecule has 1 N–H and O–H groups in total. The highest BCUT2D eigenvalue weighted by molar-refractivity contribution is 7.89. The molecule has 2 fully saturated rings. The second-order valence-corrected chi connectivity index (χ2v) is 8.27. The molecule has 130 valence electrons. The molecule has 0 aromatic heterocycles. The van der Waals surface area contributed by atoms with Crippen molar-refractivity contribution in [3.8, 4) is 11.5 Å². The third-order valence-corrected chi connectivity index (χ3v) is 7.06. The predicted molar refractivity (Wildman–Crippen MR) is 85.4 cm³/mol. The summed E-state index contributed by atoms with van der Waals surface area (Å²) in [5, 5.41) is 2.61. The van der Waals surface area contributed by atoms with Crippen LogP contribution in [-0.2, 0) is 14.8 Å². The maximum Gasteiger partial charge on any atom is 0.244 e. The van der Waals surface area contributed by atoms with Crippen LogP contribution < -0.4 is 14.8 Å². The first kappa shape index (κ1) is 15.7. The average molecular weight is 352 g/mol. The third kappa shape index (κ3) is 2.28. The number of piperidine rings is 1. The molecule has 0 spiro atoms. The lowest BCUT2D eigenvalue weighted by Crippen LogP contribution is -2.52. The van der Waals surface area contributed by atoms with Gasteiger partial charge in [0.25, 0.3) is 0 Å². The largest absolute Gasteiger partial charge is 0.486 e. The van der Waals surface area contributed by atoms with E-state index >= 15 is 0 Å². The summed E-state index contributed by atoms with van der Waals surface area (Å²) in [7, 11) is -2.23. The van der Waals surface area contributed by atoms with Gasteiger partial charge in [0.1, 0.15) is 19.3 Å². The van der Waals surface area contributed by atoms with E-state index in [1.807, 2.05) is 0 Å². The smallest absolute Gasteiger partial charge is 0.244 e. The number of nitrogens with zero attached hydrogens (tertiary/aromatic N) is 1. The number of amides is 1. The van der Waals surface area contributed by atoms with Crippen molar-refractivity contribution in [1.29, 1.82) is 0 Å². The lowest BCUT2D eigenvalue weighted by Gasteiger charge is -2.33. The zero-order valence-corrected chi connectivity index (χ0v) is 14.2. The molecule has 8 heteroatoms. The number of carbonyl (C=O) groups is 1. The van der Waals surface area contributed by atoms with Crippen LogP contribution in [-0.4, -0.2) is 51.0 Å². The molecule has 2 bridgehead atoms. The second kappa shape index (κ2) is 5.63. The van der Waals surface area contributed by atoms with Crippen LogP contribution in [0.5, 0.6) is 11.5 Å². The molecule has 3 aliphatic rings. The van der Waals surface area contributed by atoms with E-state index in [0.29, 0.717) is 24.7 Å². The molecule has 3 atom stereocenters. The zero-order chi connectivity index (χ0) is 16.9. The van der Waals surface area contributed by atoms with E-state index in [9.17, 15) is 13.2 Å². The first-order chi connectivity index (χ1) is 11.5. The summed E-state index contributed by atoms with van der Waals surface area (Å²) < 4.78 is 38.7. The van der Waals surface area contributed by atoms with Crippen LogP contribution in [0.4, 0.5) is 0 Å². The van der Waals surface area contributed by atoms with E-state index in [4.69, 9.17) is 9.47 Å². The van der Waals surface area contributed by atoms with E-state index in [1.165, 1.54) is 16.4 Å². The second-order valence-electron chi connectivity index (χ2n) is 6.43. The first-order valence-corrected chi connectivity index (χ1v) is 9.61. The standard InChI is InChI=1S/C16H20N2O5S/c1-17-16(19)15-10-2-3-11(8-10)18(15)24(20,21)12-4-5-13-14(9-12)23-7-6-22-13/h4-5,9-11,15H,2-3,6-8H2,1H3,(H,17,19). The molecule has 1 saturated heterocycles. The third-order valence-electron chi connectivity index (χ3n) is 5.13. The molecule has 4 rings (SSSR count). The van der Waals surface area contributed by atoms with Crippen LogP contribution in [0.1, 0.15) is 19.3 Å². The van der Waals surface area contributed by atoms with Crippen molar-refractivity contribution in [3.05, 3.63) is 18.2 Å². The SMILES string of the molecule is CNC(=O)C1C2CCC(C2)N1S(=O)(=O)c1ccc2c(c1)OCCO2. The van der Waals surface area contributed by atoms with E-state index in [2.05, 4.69) is 5.32 Å². The van der Waals surface area contributed by atoms with E-state index < -0.39 is 16.1 Å². The Hall–Kier alpha value is -1.80. The maximum absolute atomic E-state index is 13.2. The molecule has 2 heterocycles. The highest BCUT2D eigenvalue weighted by Gasteiger charge is 2.54. The molecule has 7 nitrogen and oxygen atoms in total. The summed E-state index contributed by atoms with van der Waals surface area (Å²) in [6.45, 7) is 0.847. The molecular weight excluding hydrogens is 332 g/mol. The highest BCUT2D eigenvalue weighted by Crippen LogP contribution is 2.46. The lowest BCUT2D eigenvalue weighted by atomic mass is 9.99. The first-order valence-electron chi connectivity index (χ1n) is 8.17. The van der Waals surface area contributed by atoms with Crippen molar-refractivity contribution in [2.24, 2.45) is 5.92 Å². The Morgan fingerprint density at radius 1 is 1.21 bits per heavy atom. The van der Waals surface area contributed by atoms with Crippen molar-refractivity contribution < 1.29 is 22.7 Å². The quantitative estimate of drug-likeness (QED) is 0.868. The van der Waals surface area contributed by atoms with Gasteiger partial charge in [0, 0.05) is 19.2 Å². The summed E-state index contributed by atoms with van der Waals surface area (Å²) in [4.78, 5) is 12.4. The normalized spacial score (nSPS) is 28.8. The van der Waals surface area contributed by atoms with Gasteiger partial charge < -0.3 is 14.8 Å². The highest BCUT2D eigenvalue weighted by atomic mass is 32.2. The molecule has 1 aromatic carbocycles. The Morgan fingerprint density at radius 3 is 2.71 bits per heavy atom. The number of likely N-dealkylation sites (N-methyl/N-ethyl adjacent to an activating group) is 1. The molecule has 2 aliphatic heterocycles. The number of carbonyl (C=O) groups excluding carboxylic acids is 1. The molecule has 3 unspecified atom stereocenters. The minimum absolute atomic E-state index is 0.0990. The van der Waals surface area contributed by atoms with Crippen LogP contribution in [0.2, 0.25) is 0 Å². The van der Waals surface area contributed by atoms with Gasteiger partial charge in [-0.25, -0.2) is 8.42 Å². The fourth-order valence-corrected chi connectivity index (χ4v) is 5.96. The predicted octanol–water partition coefficient (Wildman–Crippen LogP) is 0.745. The van der Waals surface area contributed by atoms with E-state index in [-0.39, 0.29) is 22.8 Å². The molecule has 1 amide bonds. The van der Waals surface area contributed by atoms with Gasteiger partial charge in [-0.05, 0) is 37.3 Å². The van der Waals surface area contributed by atoms with Gasteiger partial charge in [0.05, 0.1) is 4.90 Å². The van der Waals surface area contributed by atoms with Crippen LogP contribution >= 0.6 is 0 Å². The Labute approximate surface area is 141 Å².